The molecule has 0 amide bonds. The van der Waals surface area contributed by atoms with Crippen LogP contribution in [0.5, 0.6) is 0 Å². The largest absolute Gasteiger partial charge is 0.416 e. The number of hydrogen-bond acceptors (Lipinski definition) is 4. The molecular weight excluding hydrogens is 304 g/mol. The number of primary sulfonamides is 1. The Bertz CT molecular complexity index is 754. The van der Waals surface area contributed by atoms with E-state index >= 15 is 0 Å². The van der Waals surface area contributed by atoms with E-state index in [1.807, 2.05) is 5.10 Å². The van der Waals surface area contributed by atoms with Crippen molar-refractivity contribution >= 4 is 10.0 Å². The lowest BCUT2D eigenvalue weighted by molar-refractivity contribution is -0.137. The first kappa shape index (κ1) is 14.4. The third-order valence-electron chi connectivity index (χ3n) is 2.27. The van der Waals surface area contributed by atoms with Crippen LogP contribution in [0.15, 0.2) is 23.4 Å². The summed E-state index contributed by atoms with van der Waals surface area (Å²) in [6.45, 7) is 0. The van der Waals surface area contributed by atoms with Gasteiger partial charge in [-0.2, -0.15) is 23.3 Å². The van der Waals surface area contributed by atoms with Gasteiger partial charge < -0.3 is 0 Å². The summed E-state index contributed by atoms with van der Waals surface area (Å²) in [7, 11) is -4.22. The topological polar surface area (TPSA) is 102 Å². The van der Waals surface area contributed by atoms with Gasteiger partial charge in [0.2, 0.25) is 0 Å². The van der Waals surface area contributed by atoms with E-state index in [2.05, 4.69) is 10.1 Å². The maximum absolute atomic E-state index is 13.5. The molecule has 6 nitrogen and oxygen atoms in total. The highest BCUT2D eigenvalue weighted by Gasteiger charge is 2.31. The van der Waals surface area contributed by atoms with Gasteiger partial charge in [-0.05, 0) is 18.2 Å². The van der Waals surface area contributed by atoms with Crippen LogP contribution < -0.4 is 5.14 Å². The molecule has 0 saturated carbocycles. The highest BCUT2D eigenvalue weighted by molar-refractivity contribution is 7.89. The molecule has 1 aromatic heterocycles. The van der Waals surface area contributed by atoms with E-state index in [1.165, 1.54) is 0 Å². The van der Waals surface area contributed by atoms with Gasteiger partial charge in [-0.3, -0.25) is 0 Å². The average molecular weight is 310 g/mol. The maximum Gasteiger partial charge on any atom is 0.416 e. The number of alkyl halides is 3. The van der Waals surface area contributed by atoms with Gasteiger partial charge in [-0.1, -0.05) is 0 Å². The van der Waals surface area contributed by atoms with Crippen LogP contribution in [-0.4, -0.2) is 23.6 Å². The number of hydrogen-bond donors (Lipinski definition) is 2. The smallest absolute Gasteiger partial charge is 0.248 e. The molecule has 2 rings (SSSR count). The highest BCUT2D eigenvalue weighted by atomic mass is 32.2. The molecule has 1 aromatic carbocycles. The van der Waals surface area contributed by atoms with Crippen molar-refractivity contribution < 1.29 is 26.0 Å². The molecule has 0 saturated heterocycles. The van der Waals surface area contributed by atoms with Crippen LogP contribution >= 0.6 is 0 Å². The summed E-state index contributed by atoms with van der Waals surface area (Å²) in [5.41, 5.74) is -1.71. The Morgan fingerprint density at radius 1 is 1.25 bits per heavy atom. The van der Waals surface area contributed by atoms with Gasteiger partial charge in [0.25, 0.3) is 15.2 Å². The first-order valence-electron chi connectivity index (χ1n) is 4.91. The SMILES string of the molecule is NS(=O)(=O)c1nc(-c2cc(C(F)(F)F)ccc2F)n[nH]1. The number of nitrogens with zero attached hydrogens (tertiary/aromatic N) is 2. The summed E-state index contributed by atoms with van der Waals surface area (Å²) in [6.07, 6.45) is -4.68. The number of H-pyrrole nitrogens is 1. The molecule has 11 heteroatoms. The van der Waals surface area contributed by atoms with E-state index in [-0.39, 0.29) is 0 Å². The first-order chi connectivity index (χ1) is 9.09. The lowest BCUT2D eigenvalue weighted by Crippen LogP contribution is -2.13. The van der Waals surface area contributed by atoms with Crippen molar-refractivity contribution in [1.82, 2.24) is 15.2 Å². The number of sulfonamides is 1. The summed E-state index contributed by atoms with van der Waals surface area (Å²) >= 11 is 0. The van der Waals surface area contributed by atoms with E-state index in [0.717, 1.165) is 0 Å². The van der Waals surface area contributed by atoms with E-state index in [9.17, 15) is 26.0 Å². The molecule has 0 aliphatic heterocycles. The summed E-state index contributed by atoms with van der Waals surface area (Å²) in [4.78, 5) is 3.35. The van der Waals surface area contributed by atoms with Crippen LogP contribution in [0, 0.1) is 5.82 Å². The zero-order valence-corrected chi connectivity index (χ0v) is 10.3. The van der Waals surface area contributed by atoms with Crippen molar-refractivity contribution in [3.63, 3.8) is 0 Å². The summed E-state index contributed by atoms with van der Waals surface area (Å²) < 4.78 is 73.0. The third kappa shape index (κ3) is 2.77. The van der Waals surface area contributed by atoms with Crippen LogP contribution in [0.4, 0.5) is 17.6 Å². The van der Waals surface area contributed by atoms with Crippen molar-refractivity contribution in [1.29, 1.82) is 0 Å². The van der Waals surface area contributed by atoms with E-state index in [1.54, 1.807) is 0 Å². The second-order valence-electron chi connectivity index (χ2n) is 3.70. The summed E-state index contributed by atoms with van der Waals surface area (Å²) in [5.74, 6) is -1.57. The minimum atomic E-state index is -4.68. The van der Waals surface area contributed by atoms with Crippen LogP contribution in [-0.2, 0) is 16.2 Å². The predicted molar refractivity (Wildman–Crippen MR) is 58.2 cm³/mol. The van der Waals surface area contributed by atoms with Crippen LogP contribution in [0.2, 0.25) is 0 Å². The molecule has 108 valence electrons. The zero-order chi connectivity index (χ0) is 15.1. The fourth-order valence-electron chi connectivity index (χ4n) is 1.37. The Morgan fingerprint density at radius 3 is 2.40 bits per heavy atom. The standard InChI is InChI=1S/C9H6F4N4O2S/c10-6-2-1-4(9(11,12)13)3-5(6)7-15-8(17-16-7)20(14,18)19/h1-3H,(H2,14,18,19)(H,15,16,17). The number of aromatic amines is 1. The Labute approximate surface area is 109 Å². The summed E-state index contributed by atoms with van der Waals surface area (Å²) in [5, 5.41) is 9.22. The van der Waals surface area contributed by atoms with E-state index in [4.69, 9.17) is 5.14 Å². The van der Waals surface area contributed by atoms with Crippen molar-refractivity contribution in [2.45, 2.75) is 11.3 Å². The van der Waals surface area contributed by atoms with Crippen molar-refractivity contribution in [3.05, 3.63) is 29.6 Å². The van der Waals surface area contributed by atoms with Crippen molar-refractivity contribution in [2.75, 3.05) is 0 Å². The van der Waals surface area contributed by atoms with Crippen molar-refractivity contribution in [2.24, 2.45) is 5.14 Å². The van der Waals surface area contributed by atoms with E-state index in [0.29, 0.717) is 18.2 Å². The third-order valence-corrected chi connectivity index (χ3v) is 2.99. The normalized spacial score (nSPS) is 12.7. The molecule has 0 atom stereocenters. The monoisotopic (exact) mass is 310 g/mol. The molecule has 0 spiro atoms. The number of benzene rings is 1. The fourth-order valence-corrected chi connectivity index (χ4v) is 1.75. The molecule has 0 radical (unpaired) electrons. The molecular formula is C9H6F4N4O2S. The first-order valence-corrected chi connectivity index (χ1v) is 6.46. The highest BCUT2D eigenvalue weighted by Crippen LogP contribution is 2.32. The molecule has 0 aliphatic rings. The quantitative estimate of drug-likeness (QED) is 0.816. The molecule has 0 fully saturated rings. The van der Waals surface area contributed by atoms with Gasteiger partial charge in [0, 0.05) is 0 Å². The van der Waals surface area contributed by atoms with Gasteiger partial charge in [-0.15, -0.1) is 0 Å². The average Bonchev–Trinajstić information content (AvgIpc) is 2.76. The molecule has 0 bridgehead atoms. The Hall–Kier alpha value is -2.01. The lowest BCUT2D eigenvalue weighted by atomic mass is 10.1. The molecule has 0 unspecified atom stereocenters. The number of rotatable bonds is 2. The Kier molecular flexibility index (Phi) is 3.26. The van der Waals surface area contributed by atoms with Gasteiger partial charge in [0.1, 0.15) is 5.82 Å². The number of nitrogens with one attached hydrogen (secondary N) is 1. The molecule has 0 aliphatic carbocycles. The Morgan fingerprint density at radius 2 is 1.90 bits per heavy atom. The predicted octanol–water partition coefficient (Wildman–Crippen LogP) is 1.28. The lowest BCUT2D eigenvalue weighted by Gasteiger charge is -2.07. The van der Waals surface area contributed by atoms with E-state index < -0.39 is 44.1 Å². The molecule has 1 heterocycles. The van der Waals surface area contributed by atoms with Crippen LogP contribution in [0.1, 0.15) is 5.56 Å². The second kappa shape index (κ2) is 4.52. The molecule has 2 aromatic rings. The molecule has 3 N–H and O–H groups in total. The van der Waals surface area contributed by atoms with Gasteiger partial charge >= 0.3 is 6.18 Å². The minimum Gasteiger partial charge on any atom is -0.248 e. The Balaban J connectivity index is 2.55. The maximum atomic E-state index is 13.5. The minimum absolute atomic E-state index is 0.478. The van der Waals surface area contributed by atoms with Gasteiger partial charge in [0.05, 0.1) is 11.1 Å². The van der Waals surface area contributed by atoms with Crippen LogP contribution in [0.25, 0.3) is 11.4 Å². The van der Waals surface area contributed by atoms with Crippen LogP contribution in [0.3, 0.4) is 0 Å². The second-order valence-corrected chi connectivity index (χ2v) is 5.18. The number of aromatic nitrogens is 3. The fraction of sp³-hybridized carbons (Fsp3) is 0.111. The van der Waals surface area contributed by atoms with Crippen molar-refractivity contribution in [3.8, 4) is 11.4 Å². The number of nitrogens with two attached hydrogens (primary N) is 1. The number of halogens is 4. The zero-order valence-electron chi connectivity index (χ0n) is 9.44. The summed E-state index contributed by atoms with van der Waals surface area (Å²) in [6, 6.07) is 1.61. The van der Waals surface area contributed by atoms with Gasteiger partial charge in [-0.25, -0.2) is 23.0 Å². The van der Waals surface area contributed by atoms with Gasteiger partial charge in [0.15, 0.2) is 5.82 Å². The molecule has 20 heavy (non-hydrogen) atoms.